The first-order chi connectivity index (χ1) is 8.70. The Hall–Kier alpha value is -0.600. The molecule has 18 heavy (non-hydrogen) atoms. The van der Waals surface area contributed by atoms with Crippen LogP contribution in [0.15, 0.2) is 35.3 Å². The second kappa shape index (κ2) is 8.49. The molecule has 2 heteroatoms. The predicted molar refractivity (Wildman–Crippen MR) is 84.0 cm³/mol. The predicted octanol–water partition coefficient (Wildman–Crippen LogP) is 5.15. The molecule has 0 aliphatic rings. The fourth-order valence-electron chi connectivity index (χ4n) is 2.15. The fourth-order valence-corrected chi connectivity index (χ4v) is 2.54. The molecule has 0 fully saturated rings. The third-order valence-electron chi connectivity index (χ3n) is 3.23. The molecule has 1 N–H and O–H groups in total. The van der Waals surface area contributed by atoms with E-state index in [2.05, 4.69) is 59.9 Å². The van der Waals surface area contributed by atoms with Crippen LogP contribution in [0.1, 0.15) is 49.8 Å². The first-order valence-electron chi connectivity index (χ1n) is 6.80. The van der Waals surface area contributed by atoms with E-state index >= 15 is 0 Å². The maximum Gasteiger partial charge on any atom is 0.0323 e. The quantitative estimate of drug-likeness (QED) is 0.517. The Kier molecular flexibility index (Phi) is 7.29. The summed E-state index contributed by atoms with van der Waals surface area (Å²) >= 11 is 3.62. The molecule has 0 aliphatic heterocycles. The van der Waals surface area contributed by atoms with Crippen molar-refractivity contribution >= 4 is 15.9 Å². The summed E-state index contributed by atoms with van der Waals surface area (Å²) in [4.78, 5) is 0. The molecule has 0 radical (unpaired) electrons. The Morgan fingerprint density at radius 1 is 1.44 bits per heavy atom. The molecule has 0 amide bonds. The van der Waals surface area contributed by atoms with Crippen LogP contribution in [-0.2, 0) is 0 Å². The third kappa shape index (κ3) is 4.58. The highest BCUT2D eigenvalue weighted by atomic mass is 79.9. The largest absolute Gasteiger partial charge is 0.310 e. The van der Waals surface area contributed by atoms with Crippen molar-refractivity contribution in [2.24, 2.45) is 0 Å². The molecule has 1 aromatic carbocycles. The van der Waals surface area contributed by atoms with Gasteiger partial charge in [0.15, 0.2) is 0 Å². The van der Waals surface area contributed by atoms with Crippen LogP contribution in [0.5, 0.6) is 0 Å². The van der Waals surface area contributed by atoms with E-state index in [1.165, 1.54) is 34.9 Å². The van der Waals surface area contributed by atoms with Crippen molar-refractivity contribution in [3.8, 4) is 0 Å². The second-order valence-electron chi connectivity index (χ2n) is 4.68. The van der Waals surface area contributed by atoms with Crippen molar-refractivity contribution < 1.29 is 0 Å². The number of hydrogen-bond donors (Lipinski definition) is 1. The fraction of sp³-hybridized carbons (Fsp3) is 0.500. The van der Waals surface area contributed by atoms with Crippen LogP contribution in [0.4, 0.5) is 0 Å². The highest BCUT2D eigenvalue weighted by Gasteiger charge is 2.13. The van der Waals surface area contributed by atoms with E-state index < -0.39 is 0 Å². The normalized spacial score (nSPS) is 12.4. The van der Waals surface area contributed by atoms with Gasteiger partial charge in [-0.05, 0) is 56.3 Å². The molecule has 0 saturated carbocycles. The highest BCUT2D eigenvalue weighted by molar-refractivity contribution is 9.10. The van der Waals surface area contributed by atoms with E-state index in [0.29, 0.717) is 6.04 Å². The van der Waals surface area contributed by atoms with Crippen molar-refractivity contribution in [2.45, 2.75) is 45.6 Å². The van der Waals surface area contributed by atoms with E-state index in [1.807, 2.05) is 6.08 Å². The van der Waals surface area contributed by atoms with Gasteiger partial charge < -0.3 is 5.32 Å². The molecule has 1 nitrogen and oxygen atoms in total. The molecule has 1 unspecified atom stereocenters. The Bertz CT molecular complexity index is 373. The minimum Gasteiger partial charge on any atom is -0.310 e. The molecular formula is C16H24BrN. The molecule has 0 saturated heterocycles. The van der Waals surface area contributed by atoms with E-state index in [1.54, 1.807) is 0 Å². The molecule has 0 spiro atoms. The van der Waals surface area contributed by atoms with Crippen LogP contribution in [0.25, 0.3) is 0 Å². The Labute approximate surface area is 120 Å². The zero-order valence-electron chi connectivity index (χ0n) is 11.5. The average Bonchev–Trinajstić information content (AvgIpc) is 2.37. The number of allylic oxidation sites excluding steroid dienone is 1. The van der Waals surface area contributed by atoms with Gasteiger partial charge >= 0.3 is 0 Å². The molecule has 0 heterocycles. The first-order valence-corrected chi connectivity index (χ1v) is 7.59. The van der Waals surface area contributed by atoms with Crippen LogP contribution in [0.3, 0.4) is 0 Å². The number of nitrogens with one attached hydrogen (secondary N) is 1. The third-order valence-corrected chi connectivity index (χ3v) is 4.09. The van der Waals surface area contributed by atoms with E-state index in [-0.39, 0.29) is 0 Å². The monoisotopic (exact) mass is 309 g/mol. The topological polar surface area (TPSA) is 12.0 Å². The summed E-state index contributed by atoms with van der Waals surface area (Å²) in [5, 5.41) is 3.66. The molecular weight excluding hydrogens is 286 g/mol. The molecule has 0 aromatic heterocycles. The SMILES string of the molecule is C=CCCCC(NCCC)c1cccc(Br)c1C. The lowest BCUT2D eigenvalue weighted by Crippen LogP contribution is -2.23. The number of hydrogen-bond acceptors (Lipinski definition) is 1. The van der Waals surface area contributed by atoms with Gasteiger partial charge in [-0.15, -0.1) is 6.58 Å². The van der Waals surface area contributed by atoms with E-state index in [4.69, 9.17) is 0 Å². The molecule has 1 atom stereocenters. The number of benzene rings is 1. The lowest BCUT2D eigenvalue weighted by molar-refractivity contribution is 0.484. The molecule has 1 aromatic rings. The first kappa shape index (κ1) is 15.5. The smallest absolute Gasteiger partial charge is 0.0323 e. The molecule has 100 valence electrons. The van der Waals surface area contributed by atoms with Crippen molar-refractivity contribution in [3.05, 3.63) is 46.5 Å². The maximum atomic E-state index is 3.80. The van der Waals surface area contributed by atoms with Gasteiger partial charge in [-0.25, -0.2) is 0 Å². The molecule has 0 aliphatic carbocycles. The Morgan fingerprint density at radius 3 is 2.89 bits per heavy atom. The Balaban J connectivity index is 2.79. The van der Waals surface area contributed by atoms with Crippen molar-refractivity contribution in [1.82, 2.24) is 5.32 Å². The second-order valence-corrected chi connectivity index (χ2v) is 5.53. The molecule has 1 rings (SSSR count). The van der Waals surface area contributed by atoms with Gasteiger partial charge in [-0.3, -0.25) is 0 Å². The summed E-state index contributed by atoms with van der Waals surface area (Å²) < 4.78 is 1.20. The zero-order chi connectivity index (χ0) is 13.4. The van der Waals surface area contributed by atoms with Crippen LogP contribution < -0.4 is 5.32 Å². The van der Waals surface area contributed by atoms with Gasteiger partial charge in [0.25, 0.3) is 0 Å². The average molecular weight is 310 g/mol. The van der Waals surface area contributed by atoms with Crippen molar-refractivity contribution in [1.29, 1.82) is 0 Å². The summed E-state index contributed by atoms with van der Waals surface area (Å²) in [7, 11) is 0. The van der Waals surface area contributed by atoms with Gasteiger partial charge in [0.05, 0.1) is 0 Å². The zero-order valence-corrected chi connectivity index (χ0v) is 13.1. The highest BCUT2D eigenvalue weighted by Crippen LogP contribution is 2.27. The van der Waals surface area contributed by atoms with E-state index in [9.17, 15) is 0 Å². The summed E-state index contributed by atoms with van der Waals surface area (Å²) in [5.74, 6) is 0. The van der Waals surface area contributed by atoms with Crippen molar-refractivity contribution in [2.75, 3.05) is 6.54 Å². The summed E-state index contributed by atoms with van der Waals surface area (Å²) in [6.07, 6.45) is 6.63. The van der Waals surface area contributed by atoms with Crippen LogP contribution in [0.2, 0.25) is 0 Å². The van der Waals surface area contributed by atoms with Gasteiger partial charge in [0.2, 0.25) is 0 Å². The van der Waals surface area contributed by atoms with Crippen LogP contribution >= 0.6 is 15.9 Å². The minimum absolute atomic E-state index is 0.461. The van der Waals surface area contributed by atoms with Gasteiger partial charge in [-0.2, -0.15) is 0 Å². The number of unbranched alkanes of at least 4 members (excludes halogenated alkanes) is 1. The van der Waals surface area contributed by atoms with Gasteiger partial charge in [-0.1, -0.05) is 41.1 Å². The van der Waals surface area contributed by atoms with Crippen molar-refractivity contribution in [3.63, 3.8) is 0 Å². The minimum atomic E-state index is 0.461. The number of halogens is 1. The lowest BCUT2D eigenvalue weighted by Gasteiger charge is -2.21. The van der Waals surface area contributed by atoms with Crippen LogP contribution in [0, 0.1) is 6.92 Å². The number of rotatable bonds is 8. The summed E-state index contributed by atoms with van der Waals surface area (Å²) in [6, 6.07) is 6.93. The van der Waals surface area contributed by atoms with Gasteiger partial charge in [0, 0.05) is 10.5 Å². The van der Waals surface area contributed by atoms with Gasteiger partial charge in [0.1, 0.15) is 0 Å². The maximum absolute atomic E-state index is 3.80. The summed E-state index contributed by atoms with van der Waals surface area (Å²) in [5.41, 5.74) is 2.77. The summed E-state index contributed by atoms with van der Waals surface area (Å²) in [6.45, 7) is 9.27. The molecule has 0 bridgehead atoms. The van der Waals surface area contributed by atoms with Crippen LogP contribution in [-0.4, -0.2) is 6.54 Å². The van der Waals surface area contributed by atoms with E-state index in [0.717, 1.165) is 13.0 Å². The lowest BCUT2D eigenvalue weighted by atomic mass is 9.96. The Morgan fingerprint density at radius 2 is 2.22 bits per heavy atom. The standard InChI is InChI=1S/C16H24BrN/c1-4-6-7-11-16(18-12-5-2)14-9-8-10-15(17)13(14)3/h4,8-10,16,18H,1,5-7,11-12H2,2-3H3.